The van der Waals surface area contributed by atoms with Crippen LogP contribution in [0.2, 0.25) is 0 Å². The highest BCUT2D eigenvalue weighted by molar-refractivity contribution is 5.92. The van der Waals surface area contributed by atoms with Gasteiger partial charge in [0.05, 0.1) is 17.2 Å². The van der Waals surface area contributed by atoms with Gasteiger partial charge in [-0.2, -0.15) is 0 Å². The van der Waals surface area contributed by atoms with Crippen LogP contribution in [-0.2, 0) is 16.1 Å². The fourth-order valence-corrected chi connectivity index (χ4v) is 3.62. The van der Waals surface area contributed by atoms with Crippen molar-refractivity contribution in [3.8, 4) is 0 Å². The van der Waals surface area contributed by atoms with Crippen LogP contribution in [0, 0.1) is 5.92 Å². The molecule has 148 valence electrons. The molecule has 0 saturated carbocycles. The van der Waals surface area contributed by atoms with Crippen LogP contribution in [0.25, 0.3) is 10.9 Å². The molecule has 1 aliphatic heterocycles. The molecule has 1 saturated heterocycles. The average Bonchev–Trinajstić information content (AvgIpc) is 2.76. The number of anilines is 1. The Labute approximate surface area is 168 Å². The summed E-state index contributed by atoms with van der Waals surface area (Å²) in [5, 5.41) is 3.42. The number of nitrogens with one attached hydrogen (secondary N) is 1. The molecule has 4 rings (SSSR count). The summed E-state index contributed by atoms with van der Waals surface area (Å²) in [7, 11) is 0. The summed E-state index contributed by atoms with van der Waals surface area (Å²) >= 11 is 0. The van der Waals surface area contributed by atoms with E-state index in [1.165, 1.54) is 10.9 Å². The van der Waals surface area contributed by atoms with E-state index in [-0.39, 0.29) is 29.8 Å². The number of piperidine rings is 1. The number of fused-ring (bicyclic) bond motifs is 1. The standard InChI is InChI=1S/C22H22N4O3/c27-20(14-26-15-23-19-9-5-4-8-18(19)22(26)29)25-12-10-16(11-13-25)21(28)24-17-6-2-1-3-7-17/h1-9,15-16H,10-14H2,(H,24,28). The Bertz CT molecular complexity index is 1090. The van der Waals surface area contributed by atoms with Gasteiger partial charge >= 0.3 is 0 Å². The number of nitrogens with zero attached hydrogens (tertiary/aromatic N) is 3. The lowest BCUT2D eigenvalue weighted by molar-refractivity contribution is -0.135. The van der Waals surface area contributed by atoms with E-state index >= 15 is 0 Å². The van der Waals surface area contributed by atoms with E-state index in [9.17, 15) is 14.4 Å². The highest BCUT2D eigenvalue weighted by atomic mass is 16.2. The molecule has 2 heterocycles. The smallest absolute Gasteiger partial charge is 0.261 e. The zero-order valence-corrected chi connectivity index (χ0v) is 16.0. The second-order valence-corrected chi connectivity index (χ2v) is 7.21. The van der Waals surface area contributed by atoms with Gasteiger partial charge in [-0.05, 0) is 37.1 Å². The van der Waals surface area contributed by atoms with Crippen LogP contribution >= 0.6 is 0 Å². The zero-order valence-electron chi connectivity index (χ0n) is 16.0. The van der Waals surface area contributed by atoms with Gasteiger partial charge in [-0.1, -0.05) is 30.3 Å². The largest absolute Gasteiger partial charge is 0.341 e. The number of benzene rings is 2. The molecule has 3 aromatic rings. The summed E-state index contributed by atoms with van der Waals surface area (Å²) < 4.78 is 1.35. The van der Waals surface area contributed by atoms with Gasteiger partial charge in [-0.3, -0.25) is 19.0 Å². The lowest BCUT2D eigenvalue weighted by atomic mass is 9.95. The van der Waals surface area contributed by atoms with Crippen LogP contribution in [0.4, 0.5) is 5.69 Å². The highest BCUT2D eigenvalue weighted by Gasteiger charge is 2.27. The third-order valence-electron chi connectivity index (χ3n) is 5.30. The SMILES string of the molecule is O=C(Nc1ccccc1)C1CCN(C(=O)Cn2cnc3ccccc3c2=O)CC1. The summed E-state index contributed by atoms with van der Waals surface area (Å²) in [5.74, 6) is -0.270. The van der Waals surface area contributed by atoms with Crippen LogP contribution in [0.3, 0.4) is 0 Å². The minimum Gasteiger partial charge on any atom is -0.341 e. The molecule has 1 fully saturated rings. The van der Waals surface area contributed by atoms with E-state index in [0.717, 1.165) is 5.69 Å². The van der Waals surface area contributed by atoms with Crippen molar-refractivity contribution < 1.29 is 9.59 Å². The van der Waals surface area contributed by atoms with Crippen molar-refractivity contribution in [2.75, 3.05) is 18.4 Å². The third-order valence-corrected chi connectivity index (χ3v) is 5.30. The first-order chi connectivity index (χ1) is 14.1. The molecule has 7 nitrogen and oxygen atoms in total. The zero-order chi connectivity index (χ0) is 20.2. The molecule has 1 aliphatic rings. The summed E-state index contributed by atoms with van der Waals surface area (Å²) in [5.41, 5.74) is 1.17. The van der Waals surface area contributed by atoms with Crippen LogP contribution in [0.5, 0.6) is 0 Å². The molecule has 2 amide bonds. The highest BCUT2D eigenvalue weighted by Crippen LogP contribution is 2.20. The van der Waals surface area contributed by atoms with Crippen molar-refractivity contribution in [3.63, 3.8) is 0 Å². The molecule has 0 aliphatic carbocycles. The first kappa shape index (κ1) is 18.9. The molecule has 29 heavy (non-hydrogen) atoms. The van der Waals surface area contributed by atoms with Gasteiger partial charge in [0.15, 0.2) is 0 Å². The quantitative estimate of drug-likeness (QED) is 0.741. The number of amides is 2. The topological polar surface area (TPSA) is 84.3 Å². The molecule has 1 N–H and O–H groups in total. The van der Waals surface area contributed by atoms with Crippen molar-refractivity contribution >= 4 is 28.4 Å². The van der Waals surface area contributed by atoms with Crippen molar-refractivity contribution in [2.24, 2.45) is 5.92 Å². The maximum absolute atomic E-state index is 12.7. The minimum absolute atomic E-state index is 0.0155. The molecule has 0 spiro atoms. The monoisotopic (exact) mass is 390 g/mol. The Morgan fingerprint density at radius 2 is 1.69 bits per heavy atom. The number of para-hydroxylation sites is 2. The van der Waals surface area contributed by atoms with Crippen LogP contribution in [0.1, 0.15) is 12.8 Å². The fraction of sp³-hybridized carbons (Fsp3) is 0.273. The summed E-state index contributed by atoms with van der Waals surface area (Å²) in [4.78, 5) is 43.6. The van der Waals surface area contributed by atoms with Crippen molar-refractivity contribution in [3.05, 3.63) is 71.3 Å². The van der Waals surface area contributed by atoms with E-state index in [4.69, 9.17) is 0 Å². The number of hydrogen-bond acceptors (Lipinski definition) is 4. The van der Waals surface area contributed by atoms with Crippen LogP contribution < -0.4 is 10.9 Å². The second-order valence-electron chi connectivity index (χ2n) is 7.21. The molecular weight excluding hydrogens is 368 g/mol. The molecule has 2 aromatic carbocycles. The first-order valence-corrected chi connectivity index (χ1v) is 9.70. The van der Waals surface area contributed by atoms with Gasteiger partial charge in [-0.15, -0.1) is 0 Å². The van der Waals surface area contributed by atoms with Gasteiger partial charge < -0.3 is 10.2 Å². The number of hydrogen-bond donors (Lipinski definition) is 1. The van der Waals surface area contributed by atoms with Crippen molar-refractivity contribution in [2.45, 2.75) is 19.4 Å². The molecular formula is C22H22N4O3. The Balaban J connectivity index is 1.35. The molecule has 0 unspecified atom stereocenters. The Hall–Kier alpha value is -3.48. The summed E-state index contributed by atoms with van der Waals surface area (Å²) in [6, 6.07) is 16.4. The van der Waals surface area contributed by atoms with E-state index in [2.05, 4.69) is 10.3 Å². The molecule has 0 bridgehead atoms. The number of rotatable bonds is 4. The van der Waals surface area contributed by atoms with E-state index in [1.54, 1.807) is 23.1 Å². The van der Waals surface area contributed by atoms with E-state index < -0.39 is 0 Å². The summed E-state index contributed by atoms with van der Waals surface area (Å²) in [6.45, 7) is 0.959. The number of likely N-dealkylation sites (tertiary alicyclic amines) is 1. The molecule has 0 atom stereocenters. The molecule has 7 heteroatoms. The third kappa shape index (κ3) is 4.18. The lowest BCUT2D eigenvalue weighted by Gasteiger charge is -2.31. The van der Waals surface area contributed by atoms with Crippen molar-refractivity contribution in [1.82, 2.24) is 14.5 Å². The van der Waals surface area contributed by atoms with E-state index in [0.29, 0.717) is 36.8 Å². The van der Waals surface area contributed by atoms with Gasteiger partial charge in [-0.25, -0.2) is 4.98 Å². The van der Waals surface area contributed by atoms with E-state index in [1.807, 2.05) is 36.4 Å². The Morgan fingerprint density at radius 1 is 1.00 bits per heavy atom. The maximum Gasteiger partial charge on any atom is 0.261 e. The van der Waals surface area contributed by atoms with Gasteiger partial charge in [0, 0.05) is 24.7 Å². The molecule has 0 radical (unpaired) electrons. The average molecular weight is 390 g/mol. The predicted octanol–water partition coefficient (Wildman–Crippen LogP) is 2.27. The summed E-state index contributed by atoms with van der Waals surface area (Å²) in [6.07, 6.45) is 2.63. The molecule has 1 aromatic heterocycles. The van der Waals surface area contributed by atoms with Crippen LogP contribution in [0.15, 0.2) is 65.7 Å². The Kier molecular flexibility index (Phi) is 5.37. The van der Waals surface area contributed by atoms with Gasteiger partial charge in [0.1, 0.15) is 6.54 Å². The minimum atomic E-state index is -0.221. The Morgan fingerprint density at radius 3 is 2.45 bits per heavy atom. The number of aromatic nitrogens is 2. The maximum atomic E-state index is 12.7. The van der Waals surface area contributed by atoms with Gasteiger partial charge in [0.25, 0.3) is 5.56 Å². The van der Waals surface area contributed by atoms with Crippen LogP contribution in [-0.4, -0.2) is 39.4 Å². The lowest BCUT2D eigenvalue weighted by Crippen LogP contribution is -2.43. The fourth-order valence-electron chi connectivity index (χ4n) is 3.62. The number of carbonyl (C=O) groups is 2. The number of carbonyl (C=O) groups excluding carboxylic acids is 2. The second kappa shape index (κ2) is 8.26. The predicted molar refractivity (Wildman–Crippen MR) is 110 cm³/mol. The van der Waals surface area contributed by atoms with Crippen molar-refractivity contribution in [1.29, 1.82) is 0 Å². The van der Waals surface area contributed by atoms with Gasteiger partial charge in [0.2, 0.25) is 11.8 Å². The normalized spacial score (nSPS) is 14.7. The first-order valence-electron chi connectivity index (χ1n) is 9.70.